The van der Waals surface area contributed by atoms with Gasteiger partial charge in [-0.15, -0.1) is 11.8 Å². The fraction of sp³-hybridized carbons (Fsp3) is 0.625. The second-order valence-electron chi connectivity index (χ2n) is 5.86. The summed E-state index contributed by atoms with van der Waals surface area (Å²) in [7, 11) is 0. The van der Waals surface area contributed by atoms with E-state index in [1.165, 1.54) is 10.5 Å². The number of hydrogen-bond donors (Lipinski definition) is 2. The number of benzene rings is 1. The maximum atomic E-state index is 10.5. The summed E-state index contributed by atoms with van der Waals surface area (Å²) in [4.78, 5) is 1.30. The SMILES string of the molecule is CSc1ccc(CNCC2(O)CCC(C)CC2)cc1. The zero-order valence-electron chi connectivity index (χ0n) is 12.0. The van der Waals surface area contributed by atoms with E-state index in [0.29, 0.717) is 6.54 Å². The molecule has 106 valence electrons. The van der Waals surface area contributed by atoms with Crippen molar-refractivity contribution in [2.24, 2.45) is 5.92 Å². The van der Waals surface area contributed by atoms with Crippen LogP contribution in [0.3, 0.4) is 0 Å². The Bertz CT molecular complexity index is 382. The molecule has 0 aromatic heterocycles. The molecule has 0 heterocycles. The number of nitrogens with one attached hydrogen (secondary N) is 1. The molecule has 1 aromatic carbocycles. The Morgan fingerprint density at radius 3 is 2.47 bits per heavy atom. The highest BCUT2D eigenvalue weighted by Gasteiger charge is 2.31. The number of hydrogen-bond acceptors (Lipinski definition) is 3. The Morgan fingerprint density at radius 1 is 1.26 bits per heavy atom. The third-order valence-corrected chi connectivity index (χ3v) is 4.89. The quantitative estimate of drug-likeness (QED) is 0.810. The lowest BCUT2D eigenvalue weighted by atomic mass is 9.79. The number of aliphatic hydroxyl groups is 1. The summed E-state index contributed by atoms with van der Waals surface area (Å²) < 4.78 is 0. The minimum atomic E-state index is -0.480. The van der Waals surface area contributed by atoms with E-state index in [9.17, 15) is 5.11 Å². The van der Waals surface area contributed by atoms with Gasteiger partial charge in [0.1, 0.15) is 0 Å². The molecule has 0 aliphatic heterocycles. The predicted molar refractivity (Wildman–Crippen MR) is 82.5 cm³/mol. The molecule has 0 amide bonds. The van der Waals surface area contributed by atoms with Crippen molar-refractivity contribution in [3.05, 3.63) is 29.8 Å². The lowest BCUT2D eigenvalue weighted by molar-refractivity contribution is -0.00630. The molecule has 1 aromatic rings. The molecule has 0 saturated heterocycles. The van der Waals surface area contributed by atoms with Gasteiger partial charge in [-0.25, -0.2) is 0 Å². The second kappa shape index (κ2) is 6.78. The molecule has 19 heavy (non-hydrogen) atoms. The standard InChI is InChI=1S/C16H25NOS/c1-13-7-9-16(18,10-8-13)12-17-11-14-3-5-15(19-2)6-4-14/h3-6,13,17-18H,7-12H2,1-2H3. The third kappa shape index (κ3) is 4.51. The Kier molecular flexibility index (Phi) is 5.31. The molecule has 0 bridgehead atoms. The number of rotatable bonds is 5. The van der Waals surface area contributed by atoms with Crippen molar-refractivity contribution in [3.63, 3.8) is 0 Å². The van der Waals surface area contributed by atoms with Crippen LogP contribution in [0.15, 0.2) is 29.2 Å². The molecule has 0 unspecified atom stereocenters. The van der Waals surface area contributed by atoms with Gasteiger partial charge in [0, 0.05) is 18.0 Å². The molecule has 2 rings (SSSR count). The van der Waals surface area contributed by atoms with Crippen LogP contribution in [-0.4, -0.2) is 23.5 Å². The largest absolute Gasteiger partial charge is 0.389 e. The van der Waals surface area contributed by atoms with E-state index < -0.39 is 5.60 Å². The van der Waals surface area contributed by atoms with Crippen LogP contribution in [0, 0.1) is 5.92 Å². The van der Waals surface area contributed by atoms with E-state index in [1.54, 1.807) is 11.8 Å². The Balaban J connectivity index is 1.76. The maximum absolute atomic E-state index is 10.5. The predicted octanol–water partition coefficient (Wildman–Crippen LogP) is 3.44. The molecule has 1 aliphatic carbocycles. The summed E-state index contributed by atoms with van der Waals surface area (Å²) >= 11 is 1.76. The van der Waals surface area contributed by atoms with Gasteiger partial charge in [-0.1, -0.05) is 19.1 Å². The van der Waals surface area contributed by atoms with Crippen molar-refractivity contribution in [3.8, 4) is 0 Å². The molecular formula is C16H25NOS. The monoisotopic (exact) mass is 279 g/mol. The topological polar surface area (TPSA) is 32.3 Å². The van der Waals surface area contributed by atoms with Crippen LogP contribution >= 0.6 is 11.8 Å². The molecule has 1 aliphatic rings. The molecule has 0 radical (unpaired) electrons. The molecule has 1 saturated carbocycles. The number of thioether (sulfide) groups is 1. The average Bonchev–Trinajstić information content (AvgIpc) is 2.43. The smallest absolute Gasteiger partial charge is 0.0771 e. The minimum absolute atomic E-state index is 0.480. The summed E-state index contributed by atoms with van der Waals surface area (Å²) in [5.41, 5.74) is 0.803. The highest BCUT2D eigenvalue weighted by molar-refractivity contribution is 7.98. The van der Waals surface area contributed by atoms with Gasteiger partial charge in [0.25, 0.3) is 0 Å². The zero-order chi connectivity index (χ0) is 13.7. The van der Waals surface area contributed by atoms with Crippen molar-refractivity contribution < 1.29 is 5.11 Å². The highest BCUT2D eigenvalue weighted by atomic mass is 32.2. The van der Waals surface area contributed by atoms with Gasteiger partial charge in [0.05, 0.1) is 5.60 Å². The van der Waals surface area contributed by atoms with Crippen molar-refractivity contribution in [2.45, 2.75) is 49.6 Å². The van der Waals surface area contributed by atoms with Gasteiger partial charge in [0.2, 0.25) is 0 Å². The van der Waals surface area contributed by atoms with Crippen LogP contribution in [-0.2, 0) is 6.54 Å². The first-order chi connectivity index (χ1) is 9.11. The Morgan fingerprint density at radius 2 is 1.89 bits per heavy atom. The zero-order valence-corrected chi connectivity index (χ0v) is 12.8. The van der Waals surface area contributed by atoms with Crippen LogP contribution in [0.2, 0.25) is 0 Å². The van der Waals surface area contributed by atoms with Crippen LogP contribution in [0.1, 0.15) is 38.2 Å². The second-order valence-corrected chi connectivity index (χ2v) is 6.74. The molecule has 3 heteroatoms. The van der Waals surface area contributed by atoms with Crippen LogP contribution in [0.5, 0.6) is 0 Å². The van der Waals surface area contributed by atoms with E-state index in [0.717, 1.165) is 38.1 Å². The normalized spacial score (nSPS) is 27.4. The summed E-state index contributed by atoms with van der Waals surface area (Å²) in [5, 5.41) is 13.9. The maximum Gasteiger partial charge on any atom is 0.0771 e. The van der Waals surface area contributed by atoms with Crippen LogP contribution in [0.4, 0.5) is 0 Å². The Labute approximate surface area is 121 Å². The van der Waals surface area contributed by atoms with E-state index in [2.05, 4.69) is 42.8 Å². The fourth-order valence-corrected chi connectivity index (χ4v) is 3.07. The summed E-state index contributed by atoms with van der Waals surface area (Å²) in [5.74, 6) is 0.777. The molecule has 1 fully saturated rings. The average molecular weight is 279 g/mol. The Hall–Kier alpha value is -0.510. The van der Waals surface area contributed by atoms with E-state index >= 15 is 0 Å². The third-order valence-electron chi connectivity index (χ3n) is 4.15. The van der Waals surface area contributed by atoms with Crippen molar-refractivity contribution in [2.75, 3.05) is 12.8 Å². The van der Waals surface area contributed by atoms with Crippen molar-refractivity contribution in [1.29, 1.82) is 0 Å². The fourth-order valence-electron chi connectivity index (χ4n) is 2.66. The van der Waals surface area contributed by atoms with Crippen LogP contribution in [0.25, 0.3) is 0 Å². The lowest BCUT2D eigenvalue weighted by Gasteiger charge is -2.35. The van der Waals surface area contributed by atoms with E-state index in [-0.39, 0.29) is 0 Å². The van der Waals surface area contributed by atoms with E-state index in [4.69, 9.17) is 0 Å². The first-order valence-corrected chi connectivity index (χ1v) is 8.40. The first kappa shape index (κ1) is 14.9. The molecule has 2 N–H and O–H groups in total. The molecule has 0 atom stereocenters. The van der Waals surface area contributed by atoms with Crippen molar-refractivity contribution >= 4 is 11.8 Å². The van der Waals surface area contributed by atoms with Gasteiger partial charge >= 0.3 is 0 Å². The van der Waals surface area contributed by atoms with Gasteiger partial charge in [-0.2, -0.15) is 0 Å². The minimum Gasteiger partial charge on any atom is -0.389 e. The molecular weight excluding hydrogens is 254 g/mol. The van der Waals surface area contributed by atoms with Gasteiger partial charge in [-0.05, 0) is 55.6 Å². The highest BCUT2D eigenvalue weighted by Crippen LogP contribution is 2.31. The van der Waals surface area contributed by atoms with Gasteiger partial charge < -0.3 is 10.4 Å². The van der Waals surface area contributed by atoms with Gasteiger partial charge in [0.15, 0.2) is 0 Å². The first-order valence-electron chi connectivity index (χ1n) is 7.17. The summed E-state index contributed by atoms with van der Waals surface area (Å²) in [6, 6.07) is 8.62. The summed E-state index contributed by atoms with van der Waals surface area (Å²) in [6.45, 7) is 3.83. The van der Waals surface area contributed by atoms with Gasteiger partial charge in [-0.3, -0.25) is 0 Å². The van der Waals surface area contributed by atoms with Crippen LogP contribution < -0.4 is 5.32 Å². The summed E-state index contributed by atoms with van der Waals surface area (Å²) in [6.07, 6.45) is 6.27. The lowest BCUT2D eigenvalue weighted by Crippen LogP contribution is -2.43. The van der Waals surface area contributed by atoms with Crippen molar-refractivity contribution in [1.82, 2.24) is 5.32 Å². The molecule has 2 nitrogen and oxygen atoms in total. The molecule has 0 spiro atoms. The van der Waals surface area contributed by atoms with E-state index in [1.807, 2.05) is 0 Å².